The Bertz CT molecular complexity index is 667. The van der Waals surface area contributed by atoms with Crippen molar-refractivity contribution in [2.45, 2.75) is 0 Å². The van der Waals surface area contributed by atoms with Gasteiger partial charge in [-0.05, 0) is 43.1 Å². The molecule has 1 N–H and O–H groups in total. The molecule has 2 aliphatic heterocycles. The van der Waals surface area contributed by atoms with Crippen LogP contribution in [0.25, 0.3) is 6.08 Å². The molecule has 3 rings (SSSR count). The van der Waals surface area contributed by atoms with Gasteiger partial charge in [-0.25, -0.2) is 4.39 Å². The lowest BCUT2D eigenvalue weighted by atomic mass is 10.2. The number of aliphatic imine (C=N–C) groups is 1. The lowest BCUT2D eigenvalue weighted by Crippen LogP contribution is -2.46. The summed E-state index contributed by atoms with van der Waals surface area (Å²) in [4.78, 5) is 20.8. The van der Waals surface area contributed by atoms with Crippen molar-refractivity contribution >= 4 is 28.9 Å². The highest BCUT2D eigenvalue weighted by atomic mass is 32.2. The summed E-state index contributed by atoms with van der Waals surface area (Å²) in [5.74, 6) is -0.863. The van der Waals surface area contributed by atoms with Gasteiger partial charge < -0.3 is 14.9 Å². The Kier molecular flexibility index (Phi) is 4.17. The molecule has 0 unspecified atom stereocenters. The molecule has 0 bridgehead atoms. The first-order valence-corrected chi connectivity index (χ1v) is 7.79. The normalized spacial score (nSPS) is 21.5. The molecule has 2 aliphatic rings. The number of likely N-dealkylation sites (N-methyl/N-ethyl adjacent to an activating group) is 1. The standard InChI is InChI=1S/C15H16FN3O2S/c1-18-4-6-19(7-5-18)15-17-14(21)13(22-15)9-10-8-11(16)2-3-12(10)20/h2-3,8-9,20H,4-7H2,1H3/b13-9+. The fourth-order valence-corrected chi connectivity index (χ4v) is 3.27. The Morgan fingerprint density at radius 2 is 2.05 bits per heavy atom. The average molecular weight is 321 g/mol. The summed E-state index contributed by atoms with van der Waals surface area (Å²) >= 11 is 1.27. The van der Waals surface area contributed by atoms with Gasteiger partial charge in [0.05, 0.1) is 4.91 Å². The highest BCUT2D eigenvalue weighted by molar-refractivity contribution is 8.18. The molecule has 0 radical (unpaired) electrons. The van der Waals surface area contributed by atoms with Crippen molar-refractivity contribution in [3.63, 3.8) is 0 Å². The van der Waals surface area contributed by atoms with Gasteiger partial charge in [-0.15, -0.1) is 0 Å². The number of amides is 1. The largest absolute Gasteiger partial charge is 0.507 e. The van der Waals surface area contributed by atoms with Crippen LogP contribution in [0.1, 0.15) is 5.56 Å². The molecule has 22 heavy (non-hydrogen) atoms. The number of phenols is 1. The molecule has 2 heterocycles. The van der Waals surface area contributed by atoms with Crippen molar-refractivity contribution in [2.24, 2.45) is 4.99 Å². The van der Waals surface area contributed by atoms with E-state index >= 15 is 0 Å². The second kappa shape index (κ2) is 6.10. The minimum absolute atomic E-state index is 0.0599. The van der Waals surface area contributed by atoms with Crippen molar-refractivity contribution in [1.29, 1.82) is 0 Å². The van der Waals surface area contributed by atoms with E-state index in [1.54, 1.807) is 0 Å². The van der Waals surface area contributed by atoms with Gasteiger partial charge in [0, 0.05) is 31.7 Å². The maximum Gasteiger partial charge on any atom is 0.286 e. The molecule has 0 aromatic heterocycles. The molecular formula is C15H16FN3O2S. The van der Waals surface area contributed by atoms with Gasteiger partial charge in [-0.1, -0.05) is 0 Å². The highest BCUT2D eigenvalue weighted by Gasteiger charge is 2.28. The summed E-state index contributed by atoms with van der Waals surface area (Å²) in [6.07, 6.45) is 1.48. The number of phenolic OH excluding ortho intramolecular Hbond substituents is 1. The average Bonchev–Trinajstić information content (AvgIpc) is 2.85. The zero-order chi connectivity index (χ0) is 15.7. The van der Waals surface area contributed by atoms with Crippen LogP contribution in [0, 0.1) is 5.82 Å². The number of piperazine rings is 1. The summed E-state index contributed by atoms with van der Waals surface area (Å²) in [5.41, 5.74) is 0.283. The molecule has 1 amide bonds. The van der Waals surface area contributed by atoms with Crippen LogP contribution in [0.3, 0.4) is 0 Å². The van der Waals surface area contributed by atoms with Gasteiger partial charge in [0.15, 0.2) is 5.17 Å². The fourth-order valence-electron chi connectivity index (χ4n) is 2.31. The van der Waals surface area contributed by atoms with Gasteiger partial charge in [-0.2, -0.15) is 4.99 Å². The summed E-state index contributed by atoms with van der Waals surface area (Å²) in [7, 11) is 2.06. The maximum atomic E-state index is 13.2. The van der Waals surface area contributed by atoms with Gasteiger partial charge in [0.2, 0.25) is 0 Å². The molecule has 1 aromatic rings. The van der Waals surface area contributed by atoms with Crippen LogP contribution in [-0.4, -0.2) is 59.2 Å². The van der Waals surface area contributed by atoms with E-state index < -0.39 is 5.82 Å². The molecule has 1 fully saturated rings. The number of aromatic hydroxyl groups is 1. The van der Waals surface area contributed by atoms with Crippen molar-refractivity contribution in [2.75, 3.05) is 33.2 Å². The first-order valence-electron chi connectivity index (χ1n) is 6.97. The van der Waals surface area contributed by atoms with E-state index in [1.165, 1.54) is 36.0 Å². The summed E-state index contributed by atoms with van der Waals surface area (Å²) in [6.45, 7) is 3.51. The number of halogens is 1. The lowest BCUT2D eigenvalue weighted by molar-refractivity contribution is -0.113. The molecule has 0 saturated carbocycles. The second-order valence-corrected chi connectivity index (χ2v) is 6.31. The third kappa shape index (κ3) is 3.15. The van der Waals surface area contributed by atoms with E-state index in [4.69, 9.17) is 0 Å². The number of thioether (sulfide) groups is 1. The molecule has 7 heteroatoms. The highest BCUT2D eigenvalue weighted by Crippen LogP contribution is 2.32. The summed E-state index contributed by atoms with van der Waals surface area (Å²) in [6, 6.07) is 3.64. The van der Waals surface area contributed by atoms with Gasteiger partial charge in [0.1, 0.15) is 11.6 Å². The van der Waals surface area contributed by atoms with Crippen LogP contribution >= 0.6 is 11.8 Å². The number of carbonyl (C=O) groups excluding carboxylic acids is 1. The first kappa shape index (κ1) is 15.1. The summed E-state index contributed by atoms with van der Waals surface area (Å²) < 4.78 is 13.2. The third-order valence-electron chi connectivity index (χ3n) is 3.66. The first-order chi connectivity index (χ1) is 10.5. The second-order valence-electron chi connectivity index (χ2n) is 5.30. The van der Waals surface area contributed by atoms with Crippen LogP contribution in [0.15, 0.2) is 28.1 Å². The van der Waals surface area contributed by atoms with E-state index in [9.17, 15) is 14.3 Å². The van der Waals surface area contributed by atoms with Gasteiger partial charge in [-0.3, -0.25) is 4.79 Å². The van der Waals surface area contributed by atoms with E-state index in [0.717, 1.165) is 26.2 Å². The Balaban J connectivity index is 1.77. The van der Waals surface area contributed by atoms with Crippen molar-refractivity contribution in [3.8, 4) is 5.75 Å². The lowest BCUT2D eigenvalue weighted by Gasteiger charge is -2.32. The quantitative estimate of drug-likeness (QED) is 0.799. The number of carbonyl (C=O) groups is 1. The molecule has 0 atom stereocenters. The molecule has 1 saturated heterocycles. The number of nitrogens with zero attached hydrogens (tertiary/aromatic N) is 3. The SMILES string of the molecule is CN1CCN(C2=NC(=O)/C(=C\c3cc(F)ccc3O)S2)CC1. The van der Waals surface area contributed by atoms with E-state index in [-0.39, 0.29) is 17.2 Å². The predicted molar refractivity (Wildman–Crippen MR) is 85.1 cm³/mol. The molecule has 0 aliphatic carbocycles. The monoisotopic (exact) mass is 321 g/mol. The van der Waals surface area contributed by atoms with Gasteiger partial charge >= 0.3 is 0 Å². The zero-order valence-corrected chi connectivity index (χ0v) is 12.9. The number of rotatable bonds is 1. The fraction of sp³-hybridized carbons (Fsp3) is 0.333. The molecule has 1 aromatic carbocycles. The van der Waals surface area contributed by atoms with Crippen molar-refractivity contribution < 1.29 is 14.3 Å². The number of amidine groups is 1. The Morgan fingerprint density at radius 1 is 1.32 bits per heavy atom. The van der Waals surface area contributed by atoms with Crippen LogP contribution in [0.2, 0.25) is 0 Å². The zero-order valence-electron chi connectivity index (χ0n) is 12.1. The molecule has 5 nitrogen and oxygen atoms in total. The maximum absolute atomic E-state index is 13.2. The van der Waals surface area contributed by atoms with Crippen LogP contribution in [-0.2, 0) is 4.79 Å². The van der Waals surface area contributed by atoms with Crippen LogP contribution in [0.5, 0.6) is 5.75 Å². The Morgan fingerprint density at radius 3 is 2.77 bits per heavy atom. The number of hydrogen-bond acceptors (Lipinski definition) is 5. The van der Waals surface area contributed by atoms with E-state index in [0.29, 0.717) is 10.1 Å². The minimum atomic E-state index is -0.458. The topological polar surface area (TPSA) is 56.1 Å². The molecule has 0 spiro atoms. The van der Waals surface area contributed by atoms with Crippen molar-refractivity contribution in [1.82, 2.24) is 9.80 Å². The van der Waals surface area contributed by atoms with Crippen LogP contribution < -0.4 is 0 Å². The summed E-state index contributed by atoms with van der Waals surface area (Å²) in [5, 5.41) is 10.4. The van der Waals surface area contributed by atoms with E-state index in [2.05, 4.69) is 21.8 Å². The third-order valence-corrected chi connectivity index (χ3v) is 4.70. The number of hydrogen-bond donors (Lipinski definition) is 1. The smallest absolute Gasteiger partial charge is 0.286 e. The molecule has 116 valence electrons. The van der Waals surface area contributed by atoms with Gasteiger partial charge in [0.25, 0.3) is 5.91 Å². The Labute approximate surface area is 132 Å². The van der Waals surface area contributed by atoms with Crippen LogP contribution in [0.4, 0.5) is 4.39 Å². The minimum Gasteiger partial charge on any atom is -0.507 e. The molecular weight excluding hydrogens is 305 g/mol. The van der Waals surface area contributed by atoms with E-state index in [1.807, 2.05) is 0 Å². The Hall–Kier alpha value is -1.86. The number of benzene rings is 1. The van der Waals surface area contributed by atoms with Crippen molar-refractivity contribution in [3.05, 3.63) is 34.5 Å². The predicted octanol–water partition coefficient (Wildman–Crippen LogP) is 1.75.